The number of imidazole rings is 1. The van der Waals surface area contributed by atoms with E-state index in [0.717, 1.165) is 49.3 Å². The molecule has 0 fully saturated rings. The zero-order valence-corrected chi connectivity index (χ0v) is 21.4. The molecule has 0 aliphatic carbocycles. The van der Waals surface area contributed by atoms with Gasteiger partial charge in [0.05, 0.1) is 45.5 Å². The topological polar surface area (TPSA) is 96.5 Å². The summed E-state index contributed by atoms with van der Waals surface area (Å²) >= 11 is 6.45. The molecule has 0 aliphatic heterocycles. The molecule has 6 aromatic rings. The third-order valence-corrected chi connectivity index (χ3v) is 7.22. The van der Waals surface area contributed by atoms with E-state index in [1.165, 1.54) is 0 Å². The Morgan fingerprint density at radius 1 is 0.789 bits per heavy atom. The van der Waals surface area contributed by atoms with Gasteiger partial charge in [0.1, 0.15) is 5.82 Å². The molecule has 0 radical (unpaired) electrons. The van der Waals surface area contributed by atoms with E-state index in [-0.39, 0.29) is 0 Å². The minimum Gasteiger partial charge on any atom is -0.386 e. The van der Waals surface area contributed by atoms with Crippen LogP contribution < -0.4 is 0 Å². The van der Waals surface area contributed by atoms with Crippen LogP contribution in [0.5, 0.6) is 0 Å². The molecule has 1 heterocycles. The van der Waals surface area contributed by atoms with E-state index < -0.39 is 5.60 Å². The summed E-state index contributed by atoms with van der Waals surface area (Å²) < 4.78 is 0. The summed E-state index contributed by atoms with van der Waals surface area (Å²) in [4.78, 5) is 8.33. The summed E-state index contributed by atoms with van der Waals surface area (Å²) in [6.07, 6.45) is 0. The molecule has 0 saturated heterocycles. The number of rotatable bonds is 3. The van der Waals surface area contributed by atoms with Crippen LogP contribution in [0.15, 0.2) is 78.9 Å². The molecule has 6 rings (SSSR count). The second-order valence-corrected chi connectivity index (χ2v) is 10.3. The summed E-state index contributed by atoms with van der Waals surface area (Å²) in [7, 11) is 0. The predicted molar refractivity (Wildman–Crippen MR) is 152 cm³/mol. The van der Waals surface area contributed by atoms with E-state index in [4.69, 9.17) is 16.6 Å². The maximum absolute atomic E-state index is 10.3. The van der Waals surface area contributed by atoms with Crippen LogP contribution in [0.1, 0.15) is 30.5 Å². The van der Waals surface area contributed by atoms with Gasteiger partial charge in [-0.2, -0.15) is 10.5 Å². The number of hydrogen-bond donors (Lipinski definition) is 2. The first-order valence-electron chi connectivity index (χ1n) is 12.1. The standard InChI is InChI=1S/C32H21ClN4O/c1-32(2,38)22-9-6-18(7-10-22)19-8-12-24-26(14-19)27-15-23(33)11-13-25(27)30-29(24)36-31(37-30)28-20(16-34)4-3-5-21(28)17-35/h3-15,38H,1-2H3,(H,36,37). The molecule has 2 N–H and O–H groups in total. The highest BCUT2D eigenvalue weighted by Gasteiger charge is 2.19. The second-order valence-electron chi connectivity index (χ2n) is 9.85. The van der Waals surface area contributed by atoms with Crippen molar-refractivity contribution in [2.75, 3.05) is 0 Å². The SMILES string of the molecule is CC(C)(O)c1ccc(-c2ccc3c(c2)c2cc(Cl)ccc2c2[nH]c(-c4c(C#N)cccc4C#N)nc32)cc1. The van der Waals surface area contributed by atoms with E-state index in [0.29, 0.717) is 27.5 Å². The van der Waals surface area contributed by atoms with Crippen LogP contribution in [0.3, 0.4) is 0 Å². The minimum atomic E-state index is -0.909. The average molecular weight is 513 g/mol. The highest BCUT2D eigenvalue weighted by molar-refractivity contribution is 6.33. The molecule has 0 aliphatic rings. The quantitative estimate of drug-likeness (QED) is 0.236. The average Bonchev–Trinajstić information content (AvgIpc) is 3.37. The van der Waals surface area contributed by atoms with Gasteiger partial charge in [0, 0.05) is 15.8 Å². The van der Waals surface area contributed by atoms with Crippen LogP contribution in [0.4, 0.5) is 0 Å². The Balaban J connectivity index is 1.64. The lowest BCUT2D eigenvalue weighted by Crippen LogP contribution is -2.14. The summed E-state index contributed by atoms with van der Waals surface area (Å²) in [5, 5.41) is 34.2. The molecular weight excluding hydrogens is 492 g/mol. The van der Waals surface area contributed by atoms with Crippen molar-refractivity contribution in [1.82, 2.24) is 9.97 Å². The Labute approximate surface area is 224 Å². The number of nitrogens with one attached hydrogen (secondary N) is 1. The fourth-order valence-electron chi connectivity index (χ4n) is 5.06. The smallest absolute Gasteiger partial charge is 0.141 e. The molecule has 0 bridgehead atoms. The van der Waals surface area contributed by atoms with E-state index in [1.807, 2.05) is 48.5 Å². The van der Waals surface area contributed by atoms with Gasteiger partial charge in [0.25, 0.3) is 0 Å². The van der Waals surface area contributed by atoms with Crippen molar-refractivity contribution < 1.29 is 5.11 Å². The molecule has 0 spiro atoms. The van der Waals surface area contributed by atoms with Gasteiger partial charge in [0.2, 0.25) is 0 Å². The summed E-state index contributed by atoms with van der Waals surface area (Å²) in [5.74, 6) is 0.476. The molecule has 5 nitrogen and oxygen atoms in total. The van der Waals surface area contributed by atoms with Crippen molar-refractivity contribution in [3.8, 4) is 34.7 Å². The predicted octanol–water partition coefficient (Wildman–Crippen LogP) is 7.83. The lowest BCUT2D eigenvalue weighted by atomic mass is 9.93. The Kier molecular flexibility index (Phi) is 5.44. The molecule has 0 unspecified atom stereocenters. The van der Waals surface area contributed by atoms with Crippen LogP contribution >= 0.6 is 11.6 Å². The summed E-state index contributed by atoms with van der Waals surface area (Å²) in [6.45, 7) is 3.54. The number of hydrogen-bond acceptors (Lipinski definition) is 4. The Morgan fingerprint density at radius 3 is 2.08 bits per heavy atom. The number of nitrogens with zero attached hydrogens (tertiary/aromatic N) is 3. The first-order valence-corrected chi connectivity index (χ1v) is 12.5. The molecule has 6 heteroatoms. The first kappa shape index (κ1) is 23.7. The fraction of sp³-hybridized carbons (Fsp3) is 0.0938. The summed E-state index contributed by atoms with van der Waals surface area (Å²) in [6, 6.07) is 29.3. The van der Waals surface area contributed by atoms with E-state index in [9.17, 15) is 15.6 Å². The largest absolute Gasteiger partial charge is 0.386 e. The molecular formula is C32H21ClN4O. The molecule has 1 aromatic heterocycles. The zero-order chi connectivity index (χ0) is 26.6. The zero-order valence-electron chi connectivity index (χ0n) is 20.7. The van der Waals surface area contributed by atoms with Gasteiger partial charge in [-0.25, -0.2) is 4.98 Å². The molecule has 5 aromatic carbocycles. The number of H-pyrrole nitrogens is 1. The molecule has 0 saturated carbocycles. The van der Waals surface area contributed by atoms with Gasteiger partial charge < -0.3 is 10.1 Å². The number of aromatic nitrogens is 2. The van der Waals surface area contributed by atoms with Gasteiger partial charge in [0.15, 0.2) is 0 Å². The molecule has 0 amide bonds. The third-order valence-electron chi connectivity index (χ3n) is 6.99. The number of halogens is 1. The number of benzene rings is 5. The van der Waals surface area contributed by atoms with Crippen molar-refractivity contribution in [3.63, 3.8) is 0 Å². The van der Waals surface area contributed by atoms with Crippen molar-refractivity contribution in [2.45, 2.75) is 19.4 Å². The minimum absolute atomic E-state index is 0.386. The van der Waals surface area contributed by atoms with Crippen LogP contribution in [0.25, 0.3) is 55.1 Å². The van der Waals surface area contributed by atoms with Crippen molar-refractivity contribution >= 4 is 44.2 Å². The van der Waals surface area contributed by atoms with Crippen LogP contribution in [0, 0.1) is 22.7 Å². The van der Waals surface area contributed by atoms with Crippen LogP contribution in [0.2, 0.25) is 5.02 Å². The maximum atomic E-state index is 10.3. The molecule has 38 heavy (non-hydrogen) atoms. The lowest BCUT2D eigenvalue weighted by Gasteiger charge is -2.18. The summed E-state index contributed by atoms with van der Waals surface area (Å²) in [5.41, 5.74) is 4.83. The monoisotopic (exact) mass is 512 g/mol. The fourth-order valence-corrected chi connectivity index (χ4v) is 5.23. The van der Waals surface area contributed by atoms with Gasteiger partial charge in [-0.1, -0.05) is 60.1 Å². The Hall–Kier alpha value is -4.68. The number of aromatic amines is 1. The number of nitriles is 2. The van der Waals surface area contributed by atoms with Crippen molar-refractivity contribution in [3.05, 3.63) is 101 Å². The normalized spacial score (nSPS) is 11.6. The molecule has 0 atom stereocenters. The van der Waals surface area contributed by atoms with Gasteiger partial charge in [-0.3, -0.25) is 0 Å². The van der Waals surface area contributed by atoms with Gasteiger partial charge in [-0.15, -0.1) is 0 Å². The van der Waals surface area contributed by atoms with Crippen LogP contribution in [-0.2, 0) is 5.60 Å². The highest BCUT2D eigenvalue weighted by atomic mass is 35.5. The lowest BCUT2D eigenvalue weighted by molar-refractivity contribution is 0.0786. The number of aliphatic hydroxyl groups is 1. The van der Waals surface area contributed by atoms with E-state index in [2.05, 4.69) is 29.3 Å². The second kappa shape index (κ2) is 8.71. The maximum Gasteiger partial charge on any atom is 0.141 e. The van der Waals surface area contributed by atoms with E-state index >= 15 is 0 Å². The Morgan fingerprint density at radius 2 is 1.42 bits per heavy atom. The Bertz CT molecular complexity index is 1950. The highest BCUT2D eigenvalue weighted by Crippen LogP contribution is 2.39. The van der Waals surface area contributed by atoms with Crippen molar-refractivity contribution in [2.24, 2.45) is 0 Å². The first-order chi connectivity index (χ1) is 18.3. The van der Waals surface area contributed by atoms with E-state index in [1.54, 1.807) is 32.0 Å². The van der Waals surface area contributed by atoms with Crippen molar-refractivity contribution in [1.29, 1.82) is 10.5 Å². The van der Waals surface area contributed by atoms with Crippen LogP contribution in [-0.4, -0.2) is 15.1 Å². The third kappa shape index (κ3) is 3.78. The molecule has 182 valence electrons. The number of fused-ring (bicyclic) bond motifs is 6. The van der Waals surface area contributed by atoms with Gasteiger partial charge >= 0.3 is 0 Å². The van der Waals surface area contributed by atoms with Gasteiger partial charge in [-0.05, 0) is 71.6 Å².